The quantitative estimate of drug-likeness (QED) is 0.309. The smallest absolute Gasteiger partial charge is 0.341 e. The Morgan fingerprint density at radius 1 is 1.22 bits per heavy atom. The van der Waals surface area contributed by atoms with E-state index in [1.165, 1.54) is 30.1 Å². The Hall–Kier alpha value is -2.62. The summed E-state index contributed by atoms with van der Waals surface area (Å²) in [7, 11) is 1.48. The number of nitro groups is 1. The minimum atomic E-state index is -4.70. The minimum Gasteiger partial charge on any atom is -0.341 e. The van der Waals surface area contributed by atoms with Crippen molar-refractivity contribution in [2.75, 3.05) is 12.8 Å². The summed E-state index contributed by atoms with van der Waals surface area (Å²) in [5.41, 5.74) is -1.28. The first-order valence-electron chi connectivity index (χ1n) is 7.55. The highest BCUT2D eigenvalue weighted by Crippen LogP contribution is 2.36. The van der Waals surface area contributed by atoms with E-state index in [0.29, 0.717) is 11.6 Å². The zero-order valence-corrected chi connectivity index (χ0v) is 14.8. The number of rotatable bonds is 6. The molecule has 0 saturated heterocycles. The molecule has 144 valence electrons. The van der Waals surface area contributed by atoms with E-state index in [1.54, 1.807) is 6.07 Å². The Kier molecular flexibility index (Phi) is 6.42. The molecule has 0 aromatic heterocycles. The number of carbonyl (C=O) groups excluding carboxylic acids is 1. The molecule has 10 heteroatoms. The number of halogens is 4. The average Bonchev–Trinajstić information content (AvgIpc) is 2.58. The minimum absolute atomic E-state index is 0.0412. The third-order valence-electron chi connectivity index (χ3n) is 3.57. The molecule has 0 fully saturated rings. The molecule has 1 amide bonds. The number of nitro benzene ring substituents is 1. The van der Waals surface area contributed by atoms with Crippen LogP contribution in [0.3, 0.4) is 0 Å². The molecule has 0 aliphatic carbocycles. The average molecular weight is 402 g/mol. The molecule has 27 heavy (non-hydrogen) atoms. The number of amides is 1. The summed E-state index contributed by atoms with van der Waals surface area (Å²) in [6, 6.07) is 7.84. The maximum Gasteiger partial charge on any atom is 0.416 e. The van der Waals surface area contributed by atoms with Crippen LogP contribution in [-0.2, 0) is 17.5 Å². The van der Waals surface area contributed by atoms with Crippen LogP contribution < -0.4 is 0 Å². The zero-order valence-electron chi connectivity index (χ0n) is 14.0. The van der Waals surface area contributed by atoms with E-state index < -0.39 is 34.1 Å². The van der Waals surface area contributed by atoms with Crippen molar-refractivity contribution in [3.05, 3.63) is 69.5 Å². The maximum atomic E-state index is 13.2. The molecule has 2 aromatic rings. The second-order valence-electron chi connectivity index (χ2n) is 5.61. The zero-order chi connectivity index (χ0) is 20.2. The molecule has 2 rings (SSSR count). The van der Waals surface area contributed by atoms with Gasteiger partial charge in [-0.15, -0.1) is 11.8 Å². The first-order chi connectivity index (χ1) is 12.6. The molecule has 0 heterocycles. The lowest BCUT2D eigenvalue weighted by atomic mass is 10.2. The molecular weight excluding hydrogens is 388 g/mol. The van der Waals surface area contributed by atoms with Crippen LogP contribution in [0.5, 0.6) is 0 Å². The standard InChI is InChI=1S/C17H14F4N2O3S/c1-22(9-11-3-2-4-13(18)7-11)16(24)10-27-15-6-5-12(17(19,20)21)8-14(15)23(25)26/h2-8H,9-10H2,1H3. The molecule has 0 bridgehead atoms. The highest BCUT2D eigenvalue weighted by Gasteiger charge is 2.33. The van der Waals surface area contributed by atoms with E-state index in [1.807, 2.05) is 0 Å². The summed E-state index contributed by atoms with van der Waals surface area (Å²) >= 11 is 0.771. The first kappa shape index (κ1) is 20.7. The van der Waals surface area contributed by atoms with Gasteiger partial charge < -0.3 is 4.90 Å². The van der Waals surface area contributed by atoms with Crippen molar-refractivity contribution >= 4 is 23.4 Å². The summed E-state index contributed by atoms with van der Waals surface area (Å²) in [6.07, 6.45) is -4.70. The van der Waals surface area contributed by atoms with Crippen LogP contribution in [0.2, 0.25) is 0 Å². The van der Waals surface area contributed by atoms with Crippen molar-refractivity contribution in [3.63, 3.8) is 0 Å². The van der Waals surface area contributed by atoms with E-state index in [9.17, 15) is 32.5 Å². The third kappa shape index (κ3) is 5.68. The van der Waals surface area contributed by atoms with Crippen LogP contribution in [0, 0.1) is 15.9 Å². The van der Waals surface area contributed by atoms with Crippen LogP contribution in [0.25, 0.3) is 0 Å². The SMILES string of the molecule is CN(Cc1cccc(F)c1)C(=O)CSc1ccc(C(F)(F)F)cc1[N+](=O)[O-]. The summed E-state index contributed by atoms with van der Waals surface area (Å²) in [6.45, 7) is 0.131. The number of carbonyl (C=O) groups is 1. The van der Waals surface area contributed by atoms with Gasteiger partial charge in [-0.25, -0.2) is 4.39 Å². The van der Waals surface area contributed by atoms with Gasteiger partial charge in [0.25, 0.3) is 5.69 Å². The molecular formula is C17H14F4N2O3S. The van der Waals surface area contributed by atoms with Gasteiger partial charge in [-0.05, 0) is 29.8 Å². The van der Waals surface area contributed by atoms with Crippen molar-refractivity contribution in [1.82, 2.24) is 4.90 Å². The first-order valence-corrected chi connectivity index (χ1v) is 8.53. The van der Waals surface area contributed by atoms with Crippen LogP contribution >= 0.6 is 11.8 Å². The number of nitrogens with zero attached hydrogens (tertiary/aromatic N) is 2. The second-order valence-corrected chi connectivity index (χ2v) is 6.62. The monoisotopic (exact) mass is 402 g/mol. The summed E-state index contributed by atoms with van der Waals surface area (Å²) < 4.78 is 51.3. The summed E-state index contributed by atoms with van der Waals surface area (Å²) in [4.78, 5) is 23.6. The fourth-order valence-corrected chi connectivity index (χ4v) is 3.15. The van der Waals surface area contributed by atoms with Crippen LogP contribution in [-0.4, -0.2) is 28.5 Å². The van der Waals surface area contributed by atoms with Gasteiger partial charge in [0.1, 0.15) is 5.82 Å². The van der Waals surface area contributed by atoms with Gasteiger partial charge in [-0.1, -0.05) is 12.1 Å². The predicted octanol–water partition coefficient (Wildman–Crippen LogP) is 4.50. The van der Waals surface area contributed by atoms with E-state index in [0.717, 1.165) is 23.9 Å². The molecule has 0 atom stereocenters. The van der Waals surface area contributed by atoms with E-state index in [2.05, 4.69) is 0 Å². The number of thioether (sulfide) groups is 1. The van der Waals surface area contributed by atoms with Gasteiger partial charge in [0, 0.05) is 19.7 Å². The molecule has 0 saturated carbocycles. The van der Waals surface area contributed by atoms with Crippen LogP contribution in [0.4, 0.5) is 23.2 Å². The molecule has 5 nitrogen and oxygen atoms in total. The fourth-order valence-electron chi connectivity index (χ4n) is 2.21. The topological polar surface area (TPSA) is 63.5 Å². The lowest BCUT2D eigenvalue weighted by molar-refractivity contribution is -0.388. The summed E-state index contributed by atoms with van der Waals surface area (Å²) in [5.74, 6) is -1.06. The normalized spacial score (nSPS) is 11.3. The molecule has 0 aliphatic rings. The maximum absolute atomic E-state index is 13.2. The Morgan fingerprint density at radius 3 is 2.52 bits per heavy atom. The Balaban J connectivity index is 2.06. The molecule has 0 aliphatic heterocycles. The van der Waals surface area contributed by atoms with Gasteiger partial charge in [-0.3, -0.25) is 14.9 Å². The highest BCUT2D eigenvalue weighted by molar-refractivity contribution is 8.00. The summed E-state index contributed by atoms with van der Waals surface area (Å²) in [5, 5.41) is 11.0. The Morgan fingerprint density at radius 2 is 1.93 bits per heavy atom. The number of hydrogen-bond donors (Lipinski definition) is 0. The predicted molar refractivity (Wildman–Crippen MR) is 91.7 cm³/mol. The van der Waals surface area contributed by atoms with Crippen molar-refractivity contribution in [1.29, 1.82) is 0 Å². The van der Waals surface area contributed by atoms with Crippen molar-refractivity contribution in [3.8, 4) is 0 Å². The van der Waals surface area contributed by atoms with Gasteiger partial charge in [0.15, 0.2) is 0 Å². The number of alkyl halides is 3. The van der Waals surface area contributed by atoms with Crippen LogP contribution in [0.15, 0.2) is 47.4 Å². The molecule has 0 unspecified atom stereocenters. The Labute approximate surface area is 156 Å². The van der Waals surface area contributed by atoms with Gasteiger partial charge in [0.05, 0.1) is 21.1 Å². The van der Waals surface area contributed by atoms with Gasteiger partial charge in [-0.2, -0.15) is 13.2 Å². The molecule has 0 spiro atoms. The fraction of sp³-hybridized carbons (Fsp3) is 0.235. The highest BCUT2D eigenvalue weighted by atomic mass is 32.2. The largest absolute Gasteiger partial charge is 0.416 e. The van der Waals surface area contributed by atoms with Crippen LogP contribution in [0.1, 0.15) is 11.1 Å². The van der Waals surface area contributed by atoms with Crippen molar-refractivity contribution in [2.45, 2.75) is 17.6 Å². The second kappa shape index (κ2) is 8.38. The van der Waals surface area contributed by atoms with Gasteiger partial charge >= 0.3 is 6.18 Å². The molecule has 0 N–H and O–H groups in total. The van der Waals surface area contributed by atoms with Gasteiger partial charge in [0.2, 0.25) is 5.91 Å². The van der Waals surface area contributed by atoms with E-state index >= 15 is 0 Å². The van der Waals surface area contributed by atoms with E-state index in [-0.39, 0.29) is 17.2 Å². The molecule has 0 radical (unpaired) electrons. The Bertz CT molecular complexity index is 858. The lowest BCUT2D eigenvalue weighted by Crippen LogP contribution is -2.27. The van der Waals surface area contributed by atoms with E-state index in [4.69, 9.17) is 0 Å². The number of hydrogen-bond acceptors (Lipinski definition) is 4. The third-order valence-corrected chi connectivity index (χ3v) is 4.62. The van der Waals surface area contributed by atoms with Crippen molar-refractivity contribution < 1.29 is 27.3 Å². The molecule has 2 aromatic carbocycles. The lowest BCUT2D eigenvalue weighted by Gasteiger charge is -2.17. The number of benzene rings is 2. The van der Waals surface area contributed by atoms with Crippen molar-refractivity contribution in [2.24, 2.45) is 0 Å².